The largest absolute Gasteiger partial charge is 0.417 e. The van der Waals surface area contributed by atoms with E-state index in [1.807, 2.05) is 53.4 Å². The smallest absolute Gasteiger partial charge is 0.357 e. The molecule has 3 heterocycles. The van der Waals surface area contributed by atoms with Gasteiger partial charge in [-0.15, -0.1) is 11.3 Å². The lowest BCUT2D eigenvalue weighted by Gasteiger charge is -2.32. The summed E-state index contributed by atoms with van der Waals surface area (Å²) in [6.45, 7) is 1.10. The van der Waals surface area contributed by atoms with Crippen molar-refractivity contribution in [1.82, 2.24) is 9.97 Å². The zero-order chi connectivity index (χ0) is 23.7. The van der Waals surface area contributed by atoms with Gasteiger partial charge in [0.15, 0.2) is 0 Å². The summed E-state index contributed by atoms with van der Waals surface area (Å²) in [5.74, 6) is 0.246. The molecule has 0 bridgehead atoms. The molecule has 5 nitrogen and oxygen atoms in total. The maximum atomic E-state index is 13.0. The summed E-state index contributed by atoms with van der Waals surface area (Å²) in [6.07, 6.45) is -2.36. The monoisotopic (exact) mass is 482 g/mol. The minimum atomic E-state index is -4.40. The highest BCUT2D eigenvalue weighted by Gasteiger charge is 2.31. The van der Waals surface area contributed by atoms with E-state index in [1.54, 1.807) is 11.3 Å². The third-order valence-corrected chi connectivity index (χ3v) is 7.04. The van der Waals surface area contributed by atoms with E-state index in [4.69, 9.17) is 4.98 Å². The first-order valence-electron chi connectivity index (χ1n) is 10.9. The number of hydrogen-bond donors (Lipinski definition) is 1. The highest BCUT2D eigenvalue weighted by Crippen LogP contribution is 2.35. The third-order valence-electron chi connectivity index (χ3n) is 5.97. The summed E-state index contributed by atoms with van der Waals surface area (Å²) >= 11 is 1.58. The number of aromatic nitrogens is 2. The van der Waals surface area contributed by atoms with Gasteiger partial charge in [-0.2, -0.15) is 13.2 Å². The van der Waals surface area contributed by atoms with Gasteiger partial charge in [-0.3, -0.25) is 4.79 Å². The van der Waals surface area contributed by atoms with Crippen LogP contribution in [0.1, 0.15) is 18.4 Å². The van der Waals surface area contributed by atoms with E-state index in [2.05, 4.69) is 10.3 Å². The van der Waals surface area contributed by atoms with Crippen molar-refractivity contribution in [1.29, 1.82) is 0 Å². The Morgan fingerprint density at radius 2 is 1.74 bits per heavy atom. The van der Waals surface area contributed by atoms with Crippen molar-refractivity contribution in [3.63, 3.8) is 0 Å². The predicted octanol–water partition coefficient (Wildman–Crippen LogP) is 6.23. The van der Waals surface area contributed by atoms with E-state index >= 15 is 0 Å². The van der Waals surface area contributed by atoms with Crippen LogP contribution in [0.15, 0.2) is 66.9 Å². The lowest BCUT2D eigenvalue weighted by Crippen LogP contribution is -2.38. The van der Waals surface area contributed by atoms with E-state index in [0.717, 1.165) is 38.7 Å². The van der Waals surface area contributed by atoms with E-state index in [9.17, 15) is 18.0 Å². The second-order valence-corrected chi connectivity index (χ2v) is 9.22. The summed E-state index contributed by atoms with van der Waals surface area (Å²) < 4.78 is 39.4. The van der Waals surface area contributed by atoms with Gasteiger partial charge >= 0.3 is 6.18 Å². The first-order chi connectivity index (χ1) is 16.4. The van der Waals surface area contributed by atoms with Crippen LogP contribution in [-0.2, 0) is 11.0 Å². The Kier molecular flexibility index (Phi) is 5.95. The number of thiazole rings is 1. The number of fused-ring (bicyclic) bond motifs is 1. The lowest BCUT2D eigenvalue weighted by molar-refractivity contribution is -0.137. The molecule has 0 spiro atoms. The molecule has 1 saturated heterocycles. The molecule has 1 amide bonds. The maximum absolute atomic E-state index is 13.0. The van der Waals surface area contributed by atoms with Crippen LogP contribution in [0.2, 0.25) is 0 Å². The number of piperidine rings is 1. The van der Waals surface area contributed by atoms with Crippen molar-refractivity contribution >= 4 is 39.0 Å². The van der Waals surface area contributed by atoms with E-state index in [-0.39, 0.29) is 11.8 Å². The second-order valence-electron chi connectivity index (χ2n) is 8.19. The van der Waals surface area contributed by atoms with Crippen molar-refractivity contribution in [3.8, 4) is 10.6 Å². The zero-order valence-corrected chi connectivity index (χ0v) is 18.9. The number of amides is 1. The lowest BCUT2D eigenvalue weighted by atomic mass is 9.95. The molecular weight excluding hydrogens is 461 g/mol. The molecule has 34 heavy (non-hydrogen) atoms. The Morgan fingerprint density at radius 3 is 2.44 bits per heavy atom. The van der Waals surface area contributed by atoms with Crippen molar-refractivity contribution in [3.05, 3.63) is 72.4 Å². The molecule has 0 unspecified atom stereocenters. The Morgan fingerprint density at radius 1 is 1.00 bits per heavy atom. The highest BCUT2D eigenvalue weighted by molar-refractivity contribution is 7.21. The number of nitrogens with one attached hydrogen (secondary N) is 1. The molecule has 1 aliphatic heterocycles. The fraction of sp³-hybridized carbons (Fsp3) is 0.240. The fourth-order valence-corrected chi connectivity index (χ4v) is 5.12. The second kappa shape index (κ2) is 9.06. The number of rotatable bonds is 4. The molecule has 1 fully saturated rings. The van der Waals surface area contributed by atoms with E-state index < -0.39 is 11.7 Å². The standard InChI is InChI=1S/C25H21F3N4OS/c26-25(27,28)17-9-10-22(29-15-17)32-13-11-16(12-14-32)23(33)30-19-6-2-1-5-18(19)24-31-20-7-3-4-8-21(20)34-24/h1-10,15-16H,11-14H2,(H,30,33). The van der Waals surface area contributed by atoms with Crippen LogP contribution in [0, 0.1) is 5.92 Å². The molecule has 0 atom stereocenters. The molecule has 4 aromatic rings. The summed E-state index contributed by atoms with van der Waals surface area (Å²) in [6, 6.07) is 18.0. The fourth-order valence-electron chi connectivity index (χ4n) is 4.11. The maximum Gasteiger partial charge on any atom is 0.417 e. The third kappa shape index (κ3) is 4.61. The van der Waals surface area contributed by atoms with Gasteiger partial charge < -0.3 is 10.2 Å². The van der Waals surface area contributed by atoms with Crippen LogP contribution in [0.5, 0.6) is 0 Å². The molecule has 0 aliphatic carbocycles. The van der Waals surface area contributed by atoms with Crippen molar-refractivity contribution in [2.45, 2.75) is 19.0 Å². The van der Waals surface area contributed by atoms with Crippen LogP contribution >= 0.6 is 11.3 Å². The molecular formula is C25H21F3N4OS. The Hall–Kier alpha value is -3.46. The van der Waals surface area contributed by atoms with Crippen molar-refractivity contribution in [2.75, 3.05) is 23.3 Å². The molecule has 1 aliphatic rings. The quantitative estimate of drug-likeness (QED) is 0.375. The van der Waals surface area contributed by atoms with Gasteiger partial charge in [-0.25, -0.2) is 9.97 Å². The summed E-state index contributed by atoms with van der Waals surface area (Å²) in [5, 5.41) is 3.92. The average molecular weight is 483 g/mol. The topological polar surface area (TPSA) is 58.1 Å². The number of benzene rings is 2. The molecule has 9 heteroatoms. The van der Waals surface area contributed by atoms with Gasteiger partial charge in [0.2, 0.25) is 5.91 Å². The van der Waals surface area contributed by atoms with Gasteiger partial charge in [0, 0.05) is 30.8 Å². The van der Waals surface area contributed by atoms with Gasteiger partial charge in [0.25, 0.3) is 0 Å². The number of hydrogen-bond acceptors (Lipinski definition) is 5. The normalized spacial score (nSPS) is 15.0. The van der Waals surface area contributed by atoms with Crippen LogP contribution in [0.25, 0.3) is 20.8 Å². The SMILES string of the molecule is O=C(Nc1ccccc1-c1nc2ccccc2s1)C1CCN(c2ccc(C(F)(F)F)cn2)CC1. The summed E-state index contributed by atoms with van der Waals surface area (Å²) in [5.41, 5.74) is 1.76. The van der Waals surface area contributed by atoms with E-state index in [1.165, 1.54) is 6.07 Å². The minimum absolute atomic E-state index is 0.0615. The number of alkyl halides is 3. The number of pyridine rings is 1. The van der Waals surface area contributed by atoms with Gasteiger partial charge in [-0.1, -0.05) is 24.3 Å². The molecule has 2 aromatic carbocycles. The van der Waals surface area contributed by atoms with Crippen LogP contribution in [0.4, 0.5) is 24.7 Å². The average Bonchev–Trinajstić information content (AvgIpc) is 3.28. The van der Waals surface area contributed by atoms with E-state index in [0.29, 0.717) is 31.7 Å². The van der Waals surface area contributed by atoms with Crippen LogP contribution in [-0.4, -0.2) is 29.0 Å². The molecule has 1 N–H and O–H groups in total. The summed E-state index contributed by atoms with van der Waals surface area (Å²) in [7, 11) is 0. The van der Waals surface area contributed by atoms with Crippen LogP contribution < -0.4 is 10.2 Å². The first kappa shape index (κ1) is 22.3. The number of para-hydroxylation sites is 2. The molecule has 2 aromatic heterocycles. The molecule has 0 saturated carbocycles. The van der Waals surface area contributed by atoms with Gasteiger partial charge in [-0.05, 0) is 49.2 Å². The van der Waals surface area contributed by atoms with Gasteiger partial charge in [0.1, 0.15) is 10.8 Å². The Balaban J connectivity index is 1.25. The Labute approximate surface area is 198 Å². The number of nitrogens with zero attached hydrogens (tertiary/aromatic N) is 3. The minimum Gasteiger partial charge on any atom is -0.357 e. The Bertz CT molecular complexity index is 1280. The van der Waals surface area contributed by atoms with Crippen molar-refractivity contribution < 1.29 is 18.0 Å². The van der Waals surface area contributed by atoms with Crippen molar-refractivity contribution in [2.24, 2.45) is 5.92 Å². The predicted molar refractivity (Wildman–Crippen MR) is 128 cm³/mol. The summed E-state index contributed by atoms with van der Waals surface area (Å²) in [4.78, 5) is 23.6. The number of halogens is 3. The molecule has 5 rings (SSSR count). The molecule has 0 radical (unpaired) electrons. The zero-order valence-electron chi connectivity index (χ0n) is 18.0. The number of carbonyl (C=O) groups excluding carboxylic acids is 1. The molecule has 174 valence electrons. The number of carbonyl (C=O) groups is 1. The van der Waals surface area contributed by atoms with Crippen LogP contribution in [0.3, 0.4) is 0 Å². The first-order valence-corrected chi connectivity index (χ1v) is 11.7. The van der Waals surface area contributed by atoms with Gasteiger partial charge in [0.05, 0.1) is 21.5 Å². The number of anilines is 2. The highest BCUT2D eigenvalue weighted by atomic mass is 32.1.